The lowest BCUT2D eigenvalue weighted by Crippen LogP contribution is -2.37. The second-order valence-electron chi connectivity index (χ2n) is 3.47. The Morgan fingerprint density at radius 1 is 1.53 bits per heavy atom. The SMILES string of the molecule is NNC(CCCCl)Cc1cnccc1N. The summed E-state index contributed by atoms with van der Waals surface area (Å²) in [6.45, 7) is 0. The van der Waals surface area contributed by atoms with Crippen molar-refractivity contribution in [2.45, 2.75) is 25.3 Å². The van der Waals surface area contributed by atoms with E-state index in [2.05, 4.69) is 10.4 Å². The predicted octanol–water partition coefficient (Wildman–Crippen LogP) is 1.06. The highest BCUT2D eigenvalue weighted by molar-refractivity contribution is 6.17. The van der Waals surface area contributed by atoms with Crippen molar-refractivity contribution in [3.8, 4) is 0 Å². The molecular formula is C10H17ClN4. The van der Waals surface area contributed by atoms with Crippen LogP contribution in [-0.4, -0.2) is 16.9 Å². The number of nitrogens with one attached hydrogen (secondary N) is 1. The van der Waals surface area contributed by atoms with Gasteiger partial charge in [0.05, 0.1) is 0 Å². The summed E-state index contributed by atoms with van der Waals surface area (Å²) in [6, 6.07) is 2.00. The maximum Gasteiger partial charge on any atom is 0.0378 e. The van der Waals surface area contributed by atoms with Gasteiger partial charge in [-0.15, -0.1) is 11.6 Å². The average Bonchev–Trinajstić information content (AvgIpc) is 2.26. The molecule has 15 heavy (non-hydrogen) atoms. The fourth-order valence-electron chi connectivity index (χ4n) is 1.44. The molecule has 84 valence electrons. The lowest BCUT2D eigenvalue weighted by Gasteiger charge is -2.15. The van der Waals surface area contributed by atoms with Crippen molar-refractivity contribution in [2.24, 2.45) is 5.84 Å². The number of hydrazine groups is 1. The Labute approximate surface area is 95.0 Å². The number of hydrogen-bond acceptors (Lipinski definition) is 4. The number of anilines is 1. The molecule has 0 saturated heterocycles. The zero-order valence-electron chi connectivity index (χ0n) is 8.62. The molecule has 0 aliphatic carbocycles. The van der Waals surface area contributed by atoms with Crippen molar-refractivity contribution < 1.29 is 0 Å². The van der Waals surface area contributed by atoms with Crippen LogP contribution in [0.25, 0.3) is 0 Å². The normalized spacial score (nSPS) is 12.7. The third-order valence-electron chi connectivity index (χ3n) is 2.33. The Morgan fingerprint density at radius 3 is 2.93 bits per heavy atom. The Bertz CT molecular complexity index is 293. The second kappa shape index (κ2) is 6.61. The van der Waals surface area contributed by atoms with Gasteiger partial charge in [0.2, 0.25) is 0 Å². The fraction of sp³-hybridized carbons (Fsp3) is 0.500. The highest BCUT2D eigenvalue weighted by Gasteiger charge is 2.09. The number of aromatic nitrogens is 1. The van der Waals surface area contributed by atoms with Gasteiger partial charge in [0, 0.05) is 30.0 Å². The molecule has 0 aliphatic rings. The summed E-state index contributed by atoms with van der Waals surface area (Å²) in [5.74, 6) is 6.11. The van der Waals surface area contributed by atoms with E-state index >= 15 is 0 Å². The molecule has 0 fully saturated rings. The topological polar surface area (TPSA) is 77.0 Å². The number of nitrogen functional groups attached to an aromatic ring is 1. The zero-order chi connectivity index (χ0) is 11.1. The van der Waals surface area contributed by atoms with Crippen molar-refractivity contribution in [2.75, 3.05) is 11.6 Å². The molecule has 0 spiro atoms. The Kier molecular flexibility index (Phi) is 5.39. The first-order valence-electron chi connectivity index (χ1n) is 4.98. The molecule has 1 atom stereocenters. The summed E-state index contributed by atoms with van der Waals surface area (Å²) in [4.78, 5) is 4.04. The van der Waals surface area contributed by atoms with E-state index in [1.54, 1.807) is 18.5 Å². The van der Waals surface area contributed by atoms with E-state index in [1.807, 2.05) is 0 Å². The molecule has 5 N–H and O–H groups in total. The van der Waals surface area contributed by atoms with Crippen LogP contribution in [0.15, 0.2) is 18.5 Å². The van der Waals surface area contributed by atoms with Gasteiger partial charge in [-0.3, -0.25) is 16.3 Å². The molecule has 1 aromatic rings. The van der Waals surface area contributed by atoms with E-state index in [0.29, 0.717) is 5.88 Å². The maximum atomic E-state index is 5.82. The van der Waals surface area contributed by atoms with Crippen LogP contribution in [-0.2, 0) is 6.42 Å². The van der Waals surface area contributed by atoms with Crippen LogP contribution >= 0.6 is 11.6 Å². The van der Waals surface area contributed by atoms with E-state index in [-0.39, 0.29) is 6.04 Å². The molecule has 0 aliphatic heterocycles. The summed E-state index contributed by atoms with van der Waals surface area (Å²) in [5, 5.41) is 0. The summed E-state index contributed by atoms with van der Waals surface area (Å²) < 4.78 is 0. The minimum absolute atomic E-state index is 0.204. The van der Waals surface area contributed by atoms with Gasteiger partial charge in [-0.25, -0.2) is 0 Å². The van der Waals surface area contributed by atoms with Crippen molar-refractivity contribution in [3.63, 3.8) is 0 Å². The first-order valence-corrected chi connectivity index (χ1v) is 5.51. The highest BCUT2D eigenvalue weighted by Crippen LogP contribution is 2.13. The minimum atomic E-state index is 0.204. The van der Waals surface area contributed by atoms with Crippen molar-refractivity contribution in [3.05, 3.63) is 24.0 Å². The summed E-state index contributed by atoms with van der Waals surface area (Å²) >= 11 is 5.63. The van der Waals surface area contributed by atoms with E-state index in [4.69, 9.17) is 23.2 Å². The fourth-order valence-corrected chi connectivity index (χ4v) is 1.60. The number of rotatable bonds is 6. The van der Waals surface area contributed by atoms with E-state index in [0.717, 1.165) is 30.5 Å². The van der Waals surface area contributed by atoms with Gasteiger partial charge in [0.25, 0.3) is 0 Å². The largest absolute Gasteiger partial charge is 0.398 e. The Balaban J connectivity index is 2.54. The van der Waals surface area contributed by atoms with Crippen LogP contribution in [0.1, 0.15) is 18.4 Å². The van der Waals surface area contributed by atoms with Crippen molar-refractivity contribution in [1.82, 2.24) is 10.4 Å². The molecule has 1 aromatic heterocycles. The summed E-state index contributed by atoms with van der Waals surface area (Å²) in [6.07, 6.45) is 6.13. The molecule has 1 heterocycles. The van der Waals surface area contributed by atoms with Gasteiger partial charge in [0.15, 0.2) is 0 Å². The van der Waals surface area contributed by atoms with Crippen molar-refractivity contribution in [1.29, 1.82) is 0 Å². The van der Waals surface area contributed by atoms with Crippen molar-refractivity contribution >= 4 is 17.3 Å². The number of hydrogen-bond donors (Lipinski definition) is 3. The van der Waals surface area contributed by atoms with Gasteiger partial charge in [-0.05, 0) is 30.9 Å². The quantitative estimate of drug-likeness (QED) is 0.387. The molecule has 1 unspecified atom stereocenters. The van der Waals surface area contributed by atoms with Gasteiger partial charge >= 0.3 is 0 Å². The van der Waals surface area contributed by atoms with Crippen LogP contribution in [0.4, 0.5) is 5.69 Å². The molecule has 0 aromatic carbocycles. The van der Waals surface area contributed by atoms with Crippen LogP contribution in [0.2, 0.25) is 0 Å². The smallest absolute Gasteiger partial charge is 0.0378 e. The van der Waals surface area contributed by atoms with Crippen LogP contribution in [0, 0.1) is 0 Å². The number of pyridine rings is 1. The van der Waals surface area contributed by atoms with E-state index in [1.165, 1.54) is 0 Å². The second-order valence-corrected chi connectivity index (χ2v) is 3.85. The minimum Gasteiger partial charge on any atom is -0.398 e. The first kappa shape index (κ1) is 12.2. The van der Waals surface area contributed by atoms with Gasteiger partial charge in [-0.2, -0.15) is 0 Å². The zero-order valence-corrected chi connectivity index (χ0v) is 9.37. The Hall–Kier alpha value is -0.840. The lowest BCUT2D eigenvalue weighted by atomic mass is 10.0. The van der Waals surface area contributed by atoms with Crippen LogP contribution in [0.3, 0.4) is 0 Å². The Morgan fingerprint density at radius 2 is 2.33 bits per heavy atom. The van der Waals surface area contributed by atoms with Gasteiger partial charge in [-0.1, -0.05) is 0 Å². The highest BCUT2D eigenvalue weighted by atomic mass is 35.5. The van der Waals surface area contributed by atoms with E-state index < -0.39 is 0 Å². The third kappa shape index (κ3) is 4.03. The summed E-state index contributed by atoms with van der Waals surface area (Å²) in [7, 11) is 0. The third-order valence-corrected chi connectivity index (χ3v) is 2.60. The number of nitrogens with two attached hydrogens (primary N) is 2. The first-order chi connectivity index (χ1) is 7.27. The average molecular weight is 229 g/mol. The van der Waals surface area contributed by atoms with Crippen LogP contribution in [0.5, 0.6) is 0 Å². The molecule has 1 rings (SSSR count). The predicted molar refractivity (Wildman–Crippen MR) is 63.4 cm³/mol. The number of halogens is 1. The van der Waals surface area contributed by atoms with Crippen LogP contribution < -0.4 is 17.0 Å². The molecular weight excluding hydrogens is 212 g/mol. The molecule has 5 heteroatoms. The molecule has 0 bridgehead atoms. The van der Waals surface area contributed by atoms with Gasteiger partial charge in [0.1, 0.15) is 0 Å². The number of alkyl halides is 1. The molecule has 0 radical (unpaired) electrons. The monoisotopic (exact) mass is 228 g/mol. The van der Waals surface area contributed by atoms with E-state index in [9.17, 15) is 0 Å². The standard InChI is InChI=1S/C10H17ClN4/c11-4-1-2-9(15-13)6-8-7-14-5-3-10(8)12/h3,5,7,9,15H,1-2,4,6,13H2,(H2,12,14). The number of nitrogens with zero attached hydrogens (tertiary/aromatic N) is 1. The lowest BCUT2D eigenvalue weighted by molar-refractivity contribution is 0.487. The summed E-state index contributed by atoms with van der Waals surface area (Å²) in [5.41, 5.74) is 10.4. The van der Waals surface area contributed by atoms with Gasteiger partial charge < -0.3 is 5.73 Å². The molecule has 4 nitrogen and oxygen atoms in total. The molecule has 0 saturated carbocycles. The molecule has 0 amide bonds. The maximum absolute atomic E-state index is 5.82.